The number of ether oxygens (including phenoxy) is 2. The summed E-state index contributed by atoms with van der Waals surface area (Å²) >= 11 is 0. The molecule has 0 unspecified atom stereocenters. The summed E-state index contributed by atoms with van der Waals surface area (Å²) in [6, 6.07) is 4.99. The van der Waals surface area contributed by atoms with Crippen molar-refractivity contribution in [2.45, 2.75) is 58.3 Å². The number of piperazine rings is 1. The fourth-order valence-corrected chi connectivity index (χ4v) is 5.81. The molecular formula is C27H40N4O5. The smallest absolute Gasteiger partial charge is 0.249 e. The number of likely N-dealkylation sites (tertiary alicyclic amines) is 1. The second-order valence-electron chi connectivity index (χ2n) is 10.4. The van der Waals surface area contributed by atoms with E-state index in [2.05, 4.69) is 30.6 Å². The first kappa shape index (κ1) is 26.6. The van der Waals surface area contributed by atoms with E-state index in [4.69, 9.17) is 15.2 Å². The van der Waals surface area contributed by atoms with Gasteiger partial charge in [-0.3, -0.25) is 14.4 Å². The predicted octanol–water partition coefficient (Wildman–Crippen LogP) is 1.64. The highest BCUT2D eigenvalue weighted by molar-refractivity contribution is 5.99. The zero-order chi connectivity index (χ0) is 26.0. The third-order valence-corrected chi connectivity index (χ3v) is 7.67. The summed E-state index contributed by atoms with van der Waals surface area (Å²) < 4.78 is 11.6. The summed E-state index contributed by atoms with van der Waals surface area (Å²) in [6.45, 7) is 13.6. The van der Waals surface area contributed by atoms with E-state index in [1.54, 1.807) is 11.0 Å². The molecule has 3 aliphatic heterocycles. The number of benzene rings is 1. The number of rotatable bonds is 9. The molecule has 2 N–H and O–H groups in total. The highest BCUT2D eigenvalue weighted by Gasteiger charge is 2.53. The van der Waals surface area contributed by atoms with Gasteiger partial charge in [0, 0.05) is 44.0 Å². The van der Waals surface area contributed by atoms with Crippen LogP contribution < -0.4 is 10.6 Å². The third kappa shape index (κ3) is 5.28. The van der Waals surface area contributed by atoms with Gasteiger partial charge in [-0.25, -0.2) is 0 Å². The maximum Gasteiger partial charge on any atom is 0.249 e. The van der Waals surface area contributed by atoms with E-state index in [0.717, 1.165) is 38.4 Å². The molecule has 2 amide bonds. The second-order valence-corrected chi connectivity index (χ2v) is 10.4. The number of carbonyl (C=O) groups excluding carboxylic acids is 3. The minimum atomic E-state index is -0.647. The molecule has 36 heavy (non-hydrogen) atoms. The molecule has 3 fully saturated rings. The first-order valence-electron chi connectivity index (χ1n) is 13.2. The number of fused-ring (bicyclic) bond motifs is 1. The Balaban J connectivity index is 1.69. The van der Waals surface area contributed by atoms with E-state index in [9.17, 15) is 14.4 Å². The Bertz CT molecular complexity index is 975. The molecular weight excluding hydrogens is 460 g/mol. The first-order valence-corrected chi connectivity index (χ1v) is 13.2. The minimum Gasteiger partial charge on any atom is -0.374 e. The maximum atomic E-state index is 14.2. The molecule has 0 saturated carbocycles. The van der Waals surface area contributed by atoms with E-state index in [0.29, 0.717) is 30.7 Å². The molecule has 0 aromatic heterocycles. The van der Waals surface area contributed by atoms with Gasteiger partial charge in [-0.2, -0.15) is 0 Å². The molecule has 0 radical (unpaired) electrons. The van der Waals surface area contributed by atoms with Crippen molar-refractivity contribution in [3.05, 3.63) is 29.3 Å². The van der Waals surface area contributed by atoms with Gasteiger partial charge in [-0.1, -0.05) is 20.8 Å². The molecule has 4 atom stereocenters. The highest BCUT2D eigenvalue weighted by Crippen LogP contribution is 2.37. The number of nitrogens with two attached hydrogens (primary N) is 1. The van der Waals surface area contributed by atoms with Crippen molar-refractivity contribution in [1.82, 2.24) is 9.80 Å². The number of hydrogen-bond acceptors (Lipinski definition) is 7. The van der Waals surface area contributed by atoms with Crippen LogP contribution in [0, 0.1) is 5.92 Å². The van der Waals surface area contributed by atoms with Crippen LogP contribution in [0.2, 0.25) is 0 Å². The van der Waals surface area contributed by atoms with Gasteiger partial charge in [0.05, 0.1) is 12.5 Å². The number of nitrogens with zero attached hydrogens (tertiary/aromatic N) is 3. The van der Waals surface area contributed by atoms with E-state index in [1.807, 2.05) is 19.1 Å². The van der Waals surface area contributed by atoms with Crippen LogP contribution in [-0.2, 0) is 19.1 Å². The Morgan fingerprint density at radius 1 is 1.17 bits per heavy atom. The first-order chi connectivity index (χ1) is 17.2. The predicted molar refractivity (Wildman–Crippen MR) is 137 cm³/mol. The number of likely N-dealkylation sites (N-methyl/N-ethyl adjacent to an activating group) is 1. The average molecular weight is 501 g/mol. The van der Waals surface area contributed by atoms with Gasteiger partial charge < -0.3 is 29.9 Å². The molecule has 0 aliphatic carbocycles. The van der Waals surface area contributed by atoms with Gasteiger partial charge in [0.1, 0.15) is 24.9 Å². The monoisotopic (exact) mass is 500 g/mol. The summed E-state index contributed by atoms with van der Waals surface area (Å²) in [7, 11) is 0. The number of Topliss-reactive ketones (excluding diaryl/α,β-unsaturated/α-hetero) is 1. The molecule has 3 aliphatic rings. The molecule has 0 spiro atoms. The fraction of sp³-hybridized carbons (Fsp3) is 0.667. The van der Waals surface area contributed by atoms with Crippen molar-refractivity contribution in [3.8, 4) is 0 Å². The lowest BCUT2D eigenvalue weighted by Gasteiger charge is -2.36. The number of hydrogen-bond donors (Lipinski definition) is 1. The van der Waals surface area contributed by atoms with Crippen LogP contribution in [0.5, 0.6) is 0 Å². The van der Waals surface area contributed by atoms with Crippen molar-refractivity contribution in [2.75, 3.05) is 57.4 Å². The van der Waals surface area contributed by atoms with Gasteiger partial charge in [-0.15, -0.1) is 0 Å². The molecule has 1 aromatic rings. The lowest BCUT2D eigenvalue weighted by Crippen LogP contribution is -2.46. The average Bonchev–Trinajstić information content (AvgIpc) is 3.42. The Labute approximate surface area is 213 Å². The fourth-order valence-electron chi connectivity index (χ4n) is 5.81. The minimum absolute atomic E-state index is 0.0106. The van der Waals surface area contributed by atoms with Crippen LogP contribution >= 0.6 is 0 Å². The van der Waals surface area contributed by atoms with Crippen molar-refractivity contribution in [2.24, 2.45) is 11.7 Å². The number of ketones is 1. The Morgan fingerprint density at radius 3 is 2.50 bits per heavy atom. The van der Waals surface area contributed by atoms with Crippen molar-refractivity contribution in [3.63, 3.8) is 0 Å². The van der Waals surface area contributed by atoms with Crippen LogP contribution in [0.4, 0.5) is 5.69 Å². The molecule has 4 rings (SSSR count). The van der Waals surface area contributed by atoms with Gasteiger partial charge in [0.25, 0.3) is 0 Å². The molecule has 9 heteroatoms. The van der Waals surface area contributed by atoms with Crippen LogP contribution in [0.3, 0.4) is 0 Å². The number of carbonyl (C=O) groups is 3. The summed E-state index contributed by atoms with van der Waals surface area (Å²) in [5.74, 6) is -1.24. The summed E-state index contributed by atoms with van der Waals surface area (Å²) in [5, 5.41) is 0. The molecule has 3 saturated heterocycles. The number of primary amides is 1. The van der Waals surface area contributed by atoms with Crippen LogP contribution in [-0.4, -0.2) is 98.1 Å². The third-order valence-electron chi connectivity index (χ3n) is 7.67. The number of anilines is 1. The largest absolute Gasteiger partial charge is 0.374 e. The topological polar surface area (TPSA) is 105 Å². The van der Waals surface area contributed by atoms with E-state index in [-0.39, 0.29) is 30.3 Å². The second kappa shape index (κ2) is 11.3. The Hall–Kier alpha value is -2.49. The highest BCUT2D eigenvalue weighted by atomic mass is 16.6. The summed E-state index contributed by atoms with van der Waals surface area (Å²) in [4.78, 5) is 45.7. The molecule has 9 nitrogen and oxygen atoms in total. The lowest BCUT2D eigenvalue weighted by atomic mass is 9.85. The van der Waals surface area contributed by atoms with Crippen molar-refractivity contribution in [1.29, 1.82) is 0 Å². The number of amides is 2. The van der Waals surface area contributed by atoms with E-state index >= 15 is 0 Å². The normalized spacial score (nSPS) is 25.5. The molecule has 198 valence electrons. The van der Waals surface area contributed by atoms with E-state index in [1.165, 1.54) is 0 Å². The van der Waals surface area contributed by atoms with Gasteiger partial charge in [0.2, 0.25) is 11.8 Å². The van der Waals surface area contributed by atoms with Crippen molar-refractivity contribution >= 4 is 23.3 Å². The zero-order valence-corrected chi connectivity index (χ0v) is 21.9. The van der Waals surface area contributed by atoms with Crippen LogP contribution in [0.1, 0.15) is 56.0 Å². The van der Waals surface area contributed by atoms with Gasteiger partial charge in [-0.05, 0) is 49.6 Å². The van der Waals surface area contributed by atoms with Crippen LogP contribution in [0.25, 0.3) is 0 Å². The standard InChI is InChI=1S/C27H40N4O5/c1-5-29-9-11-30(12-10-29)18-7-8-19(26(28)33)20(14-18)21(13-17(3)4)27(34)31-15-23(35-6-2)25-24(31)22(32)16-36-25/h7-8,14,17,21,23-25H,5-6,9-13,15-16H2,1-4H3,(H2,28,33)/t21-,23-,24+,25+/m0/s1. The van der Waals surface area contributed by atoms with Gasteiger partial charge in [0.15, 0.2) is 5.78 Å². The Kier molecular flexibility index (Phi) is 8.32. The summed E-state index contributed by atoms with van der Waals surface area (Å²) in [6.07, 6.45) is -0.251. The van der Waals surface area contributed by atoms with E-state index < -0.39 is 24.0 Å². The van der Waals surface area contributed by atoms with Gasteiger partial charge >= 0.3 is 0 Å². The van der Waals surface area contributed by atoms with Crippen LogP contribution in [0.15, 0.2) is 18.2 Å². The quantitative estimate of drug-likeness (QED) is 0.550. The Morgan fingerprint density at radius 2 is 1.89 bits per heavy atom. The molecule has 1 aromatic carbocycles. The SMILES string of the molecule is CCO[C@H]1CN(C(=O)[C@@H](CC(C)C)c2cc(N3CCN(CC)CC3)ccc2C(N)=O)[C@@H]2C(=O)CO[C@H]12. The summed E-state index contributed by atoms with van der Waals surface area (Å²) in [5.41, 5.74) is 7.77. The molecule has 3 heterocycles. The lowest BCUT2D eigenvalue weighted by molar-refractivity contribution is -0.138. The molecule has 0 bridgehead atoms. The van der Waals surface area contributed by atoms with Crippen molar-refractivity contribution < 1.29 is 23.9 Å². The zero-order valence-electron chi connectivity index (χ0n) is 21.9. The maximum absolute atomic E-state index is 14.2.